The summed E-state index contributed by atoms with van der Waals surface area (Å²) in [7, 11) is 0. The van der Waals surface area contributed by atoms with Gasteiger partial charge in [0.2, 0.25) is 5.91 Å². The third-order valence-corrected chi connectivity index (χ3v) is 6.61. The third kappa shape index (κ3) is 3.01. The Morgan fingerprint density at radius 3 is 2.81 bits per heavy atom. The maximum absolute atomic E-state index is 12.9. The molecule has 21 heavy (non-hydrogen) atoms. The van der Waals surface area contributed by atoms with Gasteiger partial charge in [-0.1, -0.05) is 6.92 Å². The van der Waals surface area contributed by atoms with Crippen LogP contribution < -0.4 is 5.32 Å². The maximum atomic E-state index is 12.9. The van der Waals surface area contributed by atoms with Crippen molar-refractivity contribution in [3.05, 3.63) is 22.4 Å². The van der Waals surface area contributed by atoms with Gasteiger partial charge in [-0.2, -0.15) is 23.1 Å². The van der Waals surface area contributed by atoms with Gasteiger partial charge in [0.25, 0.3) is 0 Å². The molecule has 2 unspecified atom stereocenters. The van der Waals surface area contributed by atoms with Crippen LogP contribution in [0.4, 0.5) is 0 Å². The van der Waals surface area contributed by atoms with Crippen LogP contribution in [0.15, 0.2) is 16.8 Å². The molecule has 3 rings (SSSR count). The summed E-state index contributed by atoms with van der Waals surface area (Å²) >= 11 is 3.75. The van der Waals surface area contributed by atoms with Crippen LogP contribution in [0.5, 0.6) is 0 Å². The molecule has 116 valence electrons. The Morgan fingerprint density at radius 2 is 2.19 bits per heavy atom. The summed E-state index contributed by atoms with van der Waals surface area (Å²) in [5, 5.41) is 7.85. The van der Waals surface area contributed by atoms with Gasteiger partial charge in [-0.05, 0) is 66.0 Å². The lowest BCUT2D eigenvalue weighted by Gasteiger charge is -2.30. The van der Waals surface area contributed by atoms with Crippen molar-refractivity contribution in [2.24, 2.45) is 5.92 Å². The Hall–Kier alpha value is -0.520. The second-order valence-corrected chi connectivity index (χ2v) is 8.31. The van der Waals surface area contributed by atoms with E-state index in [0.29, 0.717) is 5.92 Å². The lowest BCUT2D eigenvalue weighted by Crippen LogP contribution is -2.43. The number of carbonyl (C=O) groups is 1. The van der Waals surface area contributed by atoms with Crippen LogP contribution in [-0.4, -0.2) is 34.4 Å². The van der Waals surface area contributed by atoms with Crippen molar-refractivity contribution in [2.45, 2.75) is 44.8 Å². The molecule has 2 atom stereocenters. The number of hydrogen-bond donors (Lipinski definition) is 1. The van der Waals surface area contributed by atoms with Crippen LogP contribution in [0.25, 0.3) is 0 Å². The number of hydrogen-bond acceptors (Lipinski definition) is 4. The molecule has 0 aromatic carbocycles. The molecule has 1 aromatic heterocycles. The SMILES string of the molecule is CCC1(C)NC(c2ccsc2)N(CC2CCSCC2)C1=O. The number of nitrogens with zero attached hydrogens (tertiary/aromatic N) is 1. The van der Waals surface area contributed by atoms with Crippen LogP contribution in [0.1, 0.15) is 44.8 Å². The van der Waals surface area contributed by atoms with Crippen LogP contribution in [0, 0.1) is 5.92 Å². The third-order valence-electron chi connectivity index (χ3n) is 4.86. The predicted molar refractivity (Wildman–Crippen MR) is 90.7 cm³/mol. The fourth-order valence-electron chi connectivity index (χ4n) is 3.22. The minimum Gasteiger partial charge on any atom is -0.321 e. The quantitative estimate of drug-likeness (QED) is 0.920. The zero-order valence-electron chi connectivity index (χ0n) is 12.8. The molecule has 1 amide bonds. The van der Waals surface area contributed by atoms with Crippen molar-refractivity contribution >= 4 is 29.0 Å². The fraction of sp³-hybridized carbons (Fsp3) is 0.688. The molecule has 0 aliphatic carbocycles. The average molecular weight is 325 g/mol. The Balaban J connectivity index is 1.81. The molecule has 2 aliphatic rings. The number of nitrogens with one attached hydrogen (secondary N) is 1. The predicted octanol–water partition coefficient (Wildman–Crippen LogP) is 3.49. The van der Waals surface area contributed by atoms with E-state index in [1.54, 1.807) is 11.3 Å². The van der Waals surface area contributed by atoms with Gasteiger partial charge in [0.05, 0.1) is 5.54 Å². The highest BCUT2D eigenvalue weighted by Gasteiger charge is 2.47. The second kappa shape index (κ2) is 6.31. The van der Waals surface area contributed by atoms with E-state index in [0.717, 1.165) is 13.0 Å². The van der Waals surface area contributed by atoms with Gasteiger partial charge >= 0.3 is 0 Å². The summed E-state index contributed by atoms with van der Waals surface area (Å²) in [5.74, 6) is 3.43. The van der Waals surface area contributed by atoms with E-state index in [4.69, 9.17) is 0 Å². The molecule has 2 aliphatic heterocycles. The van der Waals surface area contributed by atoms with E-state index in [9.17, 15) is 4.79 Å². The summed E-state index contributed by atoms with van der Waals surface area (Å²) in [6.07, 6.45) is 3.38. The molecule has 3 heterocycles. The van der Waals surface area contributed by atoms with Gasteiger partial charge in [0, 0.05) is 6.54 Å². The summed E-state index contributed by atoms with van der Waals surface area (Å²) in [5.41, 5.74) is 0.825. The first-order valence-electron chi connectivity index (χ1n) is 7.82. The smallest absolute Gasteiger partial charge is 0.244 e. The Labute approximate surface area is 135 Å². The molecule has 2 fully saturated rings. The molecule has 1 aromatic rings. The maximum Gasteiger partial charge on any atom is 0.244 e. The molecule has 0 bridgehead atoms. The Morgan fingerprint density at radius 1 is 1.43 bits per heavy atom. The van der Waals surface area contributed by atoms with Crippen molar-refractivity contribution in [1.29, 1.82) is 0 Å². The van der Waals surface area contributed by atoms with E-state index >= 15 is 0 Å². The molecule has 0 spiro atoms. The Kier molecular flexibility index (Phi) is 4.62. The van der Waals surface area contributed by atoms with E-state index in [1.807, 2.05) is 18.7 Å². The molecular weight excluding hydrogens is 300 g/mol. The number of thioether (sulfide) groups is 1. The van der Waals surface area contributed by atoms with Gasteiger partial charge in [0.1, 0.15) is 6.17 Å². The highest BCUT2D eigenvalue weighted by Crippen LogP contribution is 2.35. The van der Waals surface area contributed by atoms with Crippen molar-refractivity contribution in [3.63, 3.8) is 0 Å². The van der Waals surface area contributed by atoms with Crippen molar-refractivity contribution in [3.8, 4) is 0 Å². The molecule has 1 N–H and O–H groups in total. The first-order chi connectivity index (χ1) is 10.1. The first-order valence-corrected chi connectivity index (χ1v) is 9.92. The van der Waals surface area contributed by atoms with Crippen LogP contribution in [0.3, 0.4) is 0 Å². The Bertz CT molecular complexity index is 484. The van der Waals surface area contributed by atoms with Gasteiger partial charge < -0.3 is 4.90 Å². The summed E-state index contributed by atoms with van der Waals surface area (Å²) in [6.45, 7) is 5.05. The van der Waals surface area contributed by atoms with E-state index in [2.05, 4.69) is 34.0 Å². The number of amides is 1. The van der Waals surface area contributed by atoms with Crippen LogP contribution in [0.2, 0.25) is 0 Å². The highest BCUT2D eigenvalue weighted by molar-refractivity contribution is 7.99. The van der Waals surface area contributed by atoms with E-state index < -0.39 is 5.54 Å². The van der Waals surface area contributed by atoms with Crippen molar-refractivity contribution < 1.29 is 4.79 Å². The fourth-order valence-corrected chi connectivity index (χ4v) is 5.10. The van der Waals surface area contributed by atoms with Gasteiger partial charge in [0.15, 0.2) is 0 Å². The normalized spacial score (nSPS) is 31.0. The highest BCUT2D eigenvalue weighted by atomic mass is 32.2. The second-order valence-electron chi connectivity index (χ2n) is 6.30. The average Bonchev–Trinajstić information content (AvgIpc) is 3.11. The van der Waals surface area contributed by atoms with Gasteiger partial charge in [-0.25, -0.2) is 0 Å². The standard InChI is InChI=1S/C16H24N2OS2/c1-3-16(2)15(19)18(10-12-4-7-20-8-5-12)14(17-16)13-6-9-21-11-13/h6,9,11-12,14,17H,3-5,7-8,10H2,1-2H3. The summed E-state index contributed by atoms with van der Waals surface area (Å²) in [4.78, 5) is 15.0. The molecular formula is C16H24N2OS2. The van der Waals surface area contributed by atoms with E-state index in [1.165, 1.54) is 29.9 Å². The van der Waals surface area contributed by atoms with Crippen molar-refractivity contribution in [2.75, 3.05) is 18.1 Å². The topological polar surface area (TPSA) is 32.3 Å². The number of thiophene rings is 1. The minimum atomic E-state index is -0.407. The lowest BCUT2D eigenvalue weighted by molar-refractivity contribution is -0.133. The number of carbonyl (C=O) groups excluding carboxylic acids is 1. The summed E-state index contributed by atoms with van der Waals surface area (Å²) in [6, 6.07) is 2.14. The summed E-state index contributed by atoms with van der Waals surface area (Å²) < 4.78 is 0. The number of rotatable bonds is 4. The zero-order valence-corrected chi connectivity index (χ0v) is 14.4. The molecule has 3 nitrogen and oxygen atoms in total. The van der Waals surface area contributed by atoms with E-state index in [-0.39, 0.29) is 12.1 Å². The molecule has 0 radical (unpaired) electrons. The van der Waals surface area contributed by atoms with Gasteiger partial charge in [-0.15, -0.1) is 0 Å². The molecule has 2 saturated heterocycles. The lowest BCUT2D eigenvalue weighted by atomic mass is 9.98. The largest absolute Gasteiger partial charge is 0.321 e. The molecule has 0 saturated carbocycles. The minimum absolute atomic E-state index is 0.0586. The van der Waals surface area contributed by atoms with Crippen LogP contribution in [-0.2, 0) is 4.79 Å². The van der Waals surface area contributed by atoms with Crippen molar-refractivity contribution in [1.82, 2.24) is 10.2 Å². The molecule has 5 heteroatoms. The first kappa shape index (κ1) is 15.4. The van der Waals surface area contributed by atoms with Crippen LogP contribution >= 0.6 is 23.1 Å². The monoisotopic (exact) mass is 324 g/mol. The van der Waals surface area contributed by atoms with Gasteiger partial charge in [-0.3, -0.25) is 10.1 Å². The zero-order chi connectivity index (χ0) is 14.9.